The fourth-order valence-electron chi connectivity index (χ4n) is 2.42. The summed E-state index contributed by atoms with van der Waals surface area (Å²) in [6, 6.07) is 8.10. The zero-order chi connectivity index (χ0) is 16.9. The van der Waals surface area contributed by atoms with Crippen molar-refractivity contribution in [2.75, 3.05) is 39.8 Å². The summed E-state index contributed by atoms with van der Waals surface area (Å²) in [5, 5.41) is 6.72. The highest BCUT2D eigenvalue weighted by atomic mass is 16.5. The van der Waals surface area contributed by atoms with Gasteiger partial charge in [-0.3, -0.25) is 4.99 Å². The first-order valence-corrected chi connectivity index (χ1v) is 8.62. The first kappa shape index (κ1) is 19.3. The molecule has 23 heavy (non-hydrogen) atoms. The minimum atomic E-state index is 0.675. The molecule has 5 heteroatoms. The fourth-order valence-corrected chi connectivity index (χ4v) is 2.42. The van der Waals surface area contributed by atoms with Gasteiger partial charge < -0.3 is 20.3 Å². The average molecular weight is 320 g/mol. The molecule has 0 atom stereocenters. The van der Waals surface area contributed by atoms with Crippen LogP contribution < -0.4 is 15.4 Å². The highest BCUT2D eigenvalue weighted by Crippen LogP contribution is 2.17. The van der Waals surface area contributed by atoms with Crippen LogP contribution in [0.5, 0.6) is 5.75 Å². The average Bonchev–Trinajstić information content (AvgIpc) is 2.58. The molecule has 0 aliphatic heterocycles. The molecule has 0 aliphatic rings. The number of nitrogens with one attached hydrogen (secondary N) is 2. The molecule has 130 valence electrons. The second-order valence-electron chi connectivity index (χ2n) is 5.33. The SMILES string of the molecule is CCCN(CC)CCNC(=NC)NCc1ccccc1OCC. The summed E-state index contributed by atoms with van der Waals surface area (Å²) in [5.41, 5.74) is 1.14. The summed E-state index contributed by atoms with van der Waals surface area (Å²) in [6.45, 7) is 11.9. The zero-order valence-electron chi connectivity index (χ0n) is 15.1. The molecule has 0 heterocycles. The van der Waals surface area contributed by atoms with E-state index in [1.807, 2.05) is 25.1 Å². The Morgan fingerprint density at radius 1 is 1.13 bits per heavy atom. The third-order valence-electron chi connectivity index (χ3n) is 3.65. The normalized spacial score (nSPS) is 11.6. The molecule has 0 fully saturated rings. The maximum atomic E-state index is 5.65. The Hall–Kier alpha value is -1.75. The van der Waals surface area contributed by atoms with Gasteiger partial charge in [0.25, 0.3) is 0 Å². The number of hydrogen-bond acceptors (Lipinski definition) is 3. The molecule has 0 bridgehead atoms. The highest BCUT2D eigenvalue weighted by Gasteiger charge is 2.05. The Morgan fingerprint density at radius 3 is 2.57 bits per heavy atom. The van der Waals surface area contributed by atoms with Gasteiger partial charge in [0.2, 0.25) is 0 Å². The molecule has 0 saturated heterocycles. The van der Waals surface area contributed by atoms with E-state index in [2.05, 4.69) is 40.4 Å². The monoisotopic (exact) mass is 320 g/mol. The van der Waals surface area contributed by atoms with Crippen molar-refractivity contribution in [2.24, 2.45) is 4.99 Å². The van der Waals surface area contributed by atoms with Crippen LogP contribution in [-0.2, 0) is 6.54 Å². The van der Waals surface area contributed by atoms with Crippen molar-refractivity contribution in [2.45, 2.75) is 33.7 Å². The lowest BCUT2D eigenvalue weighted by Gasteiger charge is -2.20. The van der Waals surface area contributed by atoms with Crippen LogP contribution in [0.1, 0.15) is 32.8 Å². The maximum absolute atomic E-state index is 5.65. The molecule has 1 aromatic rings. The quantitative estimate of drug-likeness (QED) is 0.514. The minimum Gasteiger partial charge on any atom is -0.494 e. The van der Waals surface area contributed by atoms with Gasteiger partial charge in [0.1, 0.15) is 5.75 Å². The molecular weight excluding hydrogens is 288 g/mol. The second-order valence-corrected chi connectivity index (χ2v) is 5.33. The maximum Gasteiger partial charge on any atom is 0.191 e. The number of para-hydroxylation sites is 1. The molecule has 0 saturated carbocycles. The summed E-state index contributed by atoms with van der Waals surface area (Å²) >= 11 is 0. The van der Waals surface area contributed by atoms with E-state index in [4.69, 9.17) is 4.74 Å². The molecule has 0 amide bonds. The number of likely N-dealkylation sites (N-methyl/N-ethyl adjacent to an activating group) is 1. The molecule has 0 unspecified atom stereocenters. The van der Waals surface area contributed by atoms with E-state index in [9.17, 15) is 0 Å². The lowest BCUT2D eigenvalue weighted by atomic mass is 10.2. The lowest BCUT2D eigenvalue weighted by Crippen LogP contribution is -2.41. The Kier molecular flexibility index (Phi) is 9.87. The summed E-state index contributed by atoms with van der Waals surface area (Å²) in [6.07, 6.45) is 1.19. The van der Waals surface area contributed by atoms with Crippen LogP contribution in [0, 0.1) is 0 Å². The summed E-state index contributed by atoms with van der Waals surface area (Å²) < 4.78 is 5.65. The smallest absolute Gasteiger partial charge is 0.191 e. The molecule has 0 radical (unpaired) electrons. The first-order chi connectivity index (χ1) is 11.2. The Bertz CT molecular complexity index is 462. The van der Waals surface area contributed by atoms with Crippen molar-refractivity contribution in [3.05, 3.63) is 29.8 Å². The molecule has 0 spiro atoms. The van der Waals surface area contributed by atoms with Crippen LogP contribution in [0.25, 0.3) is 0 Å². The molecule has 5 nitrogen and oxygen atoms in total. The minimum absolute atomic E-state index is 0.675. The third-order valence-corrected chi connectivity index (χ3v) is 3.65. The van der Waals surface area contributed by atoms with Gasteiger partial charge in [0.05, 0.1) is 6.61 Å². The number of nitrogens with zero attached hydrogens (tertiary/aromatic N) is 2. The second kappa shape index (κ2) is 11.8. The van der Waals surface area contributed by atoms with Gasteiger partial charge in [0.15, 0.2) is 5.96 Å². The Labute approximate surface area is 141 Å². The fraction of sp³-hybridized carbons (Fsp3) is 0.611. The van der Waals surface area contributed by atoms with E-state index in [0.717, 1.165) is 43.5 Å². The molecular formula is C18H32N4O. The number of ether oxygens (including phenoxy) is 1. The summed E-state index contributed by atoms with van der Waals surface area (Å²) in [5.74, 6) is 1.75. The van der Waals surface area contributed by atoms with Crippen LogP contribution in [0.3, 0.4) is 0 Å². The topological polar surface area (TPSA) is 48.9 Å². The number of benzene rings is 1. The van der Waals surface area contributed by atoms with Crippen molar-refractivity contribution in [1.82, 2.24) is 15.5 Å². The standard InChI is InChI=1S/C18H32N4O/c1-5-13-22(6-2)14-12-20-18(19-4)21-15-16-10-8-9-11-17(16)23-7-3/h8-11H,5-7,12-15H2,1-4H3,(H2,19,20,21). The van der Waals surface area contributed by atoms with Crippen LogP contribution in [0.4, 0.5) is 0 Å². The lowest BCUT2D eigenvalue weighted by molar-refractivity contribution is 0.293. The van der Waals surface area contributed by atoms with Gasteiger partial charge in [-0.1, -0.05) is 32.0 Å². The van der Waals surface area contributed by atoms with E-state index in [1.54, 1.807) is 7.05 Å². The third kappa shape index (κ3) is 7.37. The largest absolute Gasteiger partial charge is 0.494 e. The highest BCUT2D eigenvalue weighted by molar-refractivity contribution is 5.79. The van der Waals surface area contributed by atoms with E-state index in [-0.39, 0.29) is 0 Å². The number of hydrogen-bond donors (Lipinski definition) is 2. The van der Waals surface area contributed by atoms with Crippen molar-refractivity contribution >= 4 is 5.96 Å². The first-order valence-electron chi connectivity index (χ1n) is 8.62. The molecule has 2 N–H and O–H groups in total. The summed E-state index contributed by atoms with van der Waals surface area (Å²) in [4.78, 5) is 6.72. The van der Waals surface area contributed by atoms with Crippen molar-refractivity contribution in [1.29, 1.82) is 0 Å². The van der Waals surface area contributed by atoms with E-state index in [0.29, 0.717) is 13.2 Å². The molecule has 0 aromatic heterocycles. The molecule has 0 aliphatic carbocycles. The molecule has 1 rings (SSSR count). The summed E-state index contributed by atoms with van der Waals surface area (Å²) in [7, 11) is 1.80. The molecule has 1 aromatic carbocycles. The van der Waals surface area contributed by atoms with Gasteiger partial charge in [-0.05, 0) is 32.5 Å². The Morgan fingerprint density at radius 2 is 1.91 bits per heavy atom. The van der Waals surface area contributed by atoms with Crippen LogP contribution >= 0.6 is 0 Å². The van der Waals surface area contributed by atoms with Crippen LogP contribution in [-0.4, -0.2) is 50.7 Å². The van der Waals surface area contributed by atoms with Crippen LogP contribution in [0.15, 0.2) is 29.3 Å². The Balaban J connectivity index is 2.42. The zero-order valence-corrected chi connectivity index (χ0v) is 15.1. The van der Waals surface area contributed by atoms with Crippen molar-refractivity contribution in [3.63, 3.8) is 0 Å². The van der Waals surface area contributed by atoms with Crippen LogP contribution in [0.2, 0.25) is 0 Å². The van der Waals surface area contributed by atoms with Gasteiger partial charge in [-0.2, -0.15) is 0 Å². The number of rotatable bonds is 10. The van der Waals surface area contributed by atoms with Gasteiger partial charge >= 0.3 is 0 Å². The van der Waals surface area contributed by atoms with Gasteiger partial charge in [-0.15, -0.1) is 0 Å². The van der Waals surface area contributed by atoms with Gasteiger partial charge in [-0.25, -0.2) is 0 Å². The van der Waals surface area contributed by atoms with E-state index >= 15 is 0 Å². The van der Waals surface area contributed by atoms with Gasteiger partial charge in [0, 0.05) is 32.2 Å². The predicted molar refractivity (Wildman–Crippen MR) is 98.2 cm³/mol. The number of guanidine groups is 1. The number of aliphatic imine (C=N–C) groups is 1. The van der Waals surface area contributed by atoms with E-state index in [1.165, 1.54) is 6.42 Å². The predicted octanol–water partition coefficient (Wildman–Crippen LogP) is 2.48. The van der Waals surface area contributed by atoms with E-state index < -0.39 is 0 Å². The van der Waals surface area contributed by atoms with Crippen molar-refractivity contribution < 1.29 is 4.74 Å². The van der Waals surface area contributed by atoms with Crippen molar-refractivity contribution in [3.8, 4) is 5.75 Å².